The predicted octanol–water partition coefficient (Wildman–Crippen LogP) is 3.03. The van der Waals surface area contributed by atoms with Gasteiger partial charge in [0.05, 0.1) is 16.8 Å². The van der Waals surface area contributed by atoms with Gasteiger partial charge in [0.1, 0.15) is 17.2 Å². The third kappa shape index (κ3) is 5.18. The third-order valence-corrected chi connectivity index (χ3v) is 7.40. The highest BCUT2D eigenvalue weighted by Crippen LogP contribution is 2.28. The molecule has 1 aromatic heterocycles. The van der Waals surface area contributed by atoms with E-state index in [0.717, 1.165) is 63.3 Å². The Morgan fingerprint density at radius 1 is 1.16 bits per heavy atom. The monoisotopic (exact) mass is 462 g/mol. The van der Waals surface area contributed by atoms with Crippen molar-refractivity contribution in [3.63, 3.8) is 0 Å². The molecular weight excluding hydrogens is 435 g/mol. The van der Waals surface area contributed by atoms with E-state index in [9.17, 15) is 22.7 Å². The van der Waals surface area contributed by atoms with E-state index in [1.807, 2.05) is 4.90 Å². The van der Waals surface area contributed by atoms with E-state index in [1.165, 1.54) is 25.1 Å². The van der Waals surface area contributed by atoms with Crippen LogP contribution in [0.3, 0.4) is 0 Å². The van der Waals surface area contributed by atoms with Gasteiger partial charge in [0.15, 0.2) is 0 Å². The molecule has 2 aliphatic rings. The van der Waals surface area contributed by atoms with Gasteiger partial charge < -0.3 is 14.9 Å². The molecule has 1 atom stereocenters. The number of piperidine rings is 1. The zero-order chi connectivity index (χ0) is 22.7. The van der Waals surface area contributed by atoms with E-state index in [-0.39, 0.29) is 16.1 Å². The number of likely N-dealkylation sites (tertiary alicyclic amines) is 1. The molecule has 32 heavy (non-hydrogen) atoms. The molecule has 8 nitrogen and oxygen atoms in total. The molecule has 2 aliphatic heterocycles. The standard InChI is InChI=1S/C22H27FN4O4S/c23-17-5-7-19(8-6-17)32(30,31)25-18-12-20(22(28)29)21(24-13-18)27-11-3-4-16(15-27)14-26-9-1-2-10-26/h5-8,12-13,16,25H,1-4,9-11,14-15H2,(H,28,29)/t16-/m0/s1. The summed E-state index contributed by atoms with van der Waals surface area (Å²) in [6.45, 7) is 4.69. The van der Waals surface area contributed by atoms with Crippen molar-refractivity contribution in [2.45, 2.75) is 30.6 Å². The highest BCUT2D eigenvalue weighted by atomic mass is 32.2. The minimum Gasteiger partial charge on any atom is -0.478 e. The number of pyridine rings is 1. The zero-order valence-electron chi connectivity index (χ0n) is 17.7. The first-order valence-corrected chi connectivity index (χ1v) is 12.3. The molecule has 0 spiro atoms. The number of nitrogens with zero attached hydrogens (tertiary/aromatic N) is 3. The number of sulfonamides is 1. The summed E-state index contributed by atoms with van der Waals surface area (Å²) in [5.74, 6) is -0.917. The number of hydrogen-bond acceptors (Lipinski definition) is 6. The maximum atomic E-state index is 13.1. The van der Waals surface area contributed by atoms with Crippen molar-refractivity contribution in [3.05, 3.63) is 47.9 Å². The van der Waals surface area contributed by atoms with Gasteiger partial charge in [0, 0.05) is 19.6 Å². The molecule has 1 aromatic carbocycles. The number of nitrogens with one attached hydrogen (secondary N) is 1. The van der Waals surface area contributed by atoms with Crippen LogP contribution >= 0.6 is 0 Å². The first-order valence-electron chi connectivity index (χ1n) is 10.8. The number of benzene rings is 1. The number of aromatic nitrogens is 1. The first-order chi connectivity index (χ1) is 15.3. The van der Waals surface area contributed by atoms with Crippen molar-refractivity contribution >= 4 is 27.5 Å². The summed E-state index contributed by atoms with van der Waals surface area (Å²) in [5.41, 5.74) is -0.00719. The minimum absolute atomic E-state index is 0.0427. The van der Waals surface area contributed by atoms with Crippen LogP contribution in [0.1, 0.15) is 36.0 Å². The molecule has 2 aromatic rings. The van der Waals surface area contributed by atoms with Gasteiger partial charge in [-0.05, 0) is 75.0 Å². The molecule has 2 N–H and O–H groups in total. The molecule has 0 radical (unpaired) electrons. The maximum Gasteiger partial charge on any atom is 0.339 e. The lowest BCUT2D eigenvalue weighted by molar-refractivity contribution is 0.0697. The van der Waals surface area contributed by atoms with E-state index in [4.69, 9.17) is 0 Å². The number of halogens is 1. The lowest BCUT2D eigenvalue weighted by atomic mass is 9.97. The summed E-state index contributed by atoms with van der Waals surface area (Å²) in [6, 6.07) is 5.68. The highest BCUT2D eigenvalue weighted by Gasteiger charge is 2.27. The van der Waals surface area contributed by atoms with E-state index >= 15 is 0 Å². The van der Waals surface area contributed by atoms with Gasteiger partial charge in [-0.15, -0.1) is 0 Å². The quantitative estimate of drug-likeness (QED) is 0.652. The molecule has 10 heteroatoms. The Bertz CT molecular complexity index is 1070. The Balaban J connectivity index is 1.52. The lowest BCUT2D eigenvalue weighted by Gasteiger charge is -2.36. The van der Waals surface area contributed by atoms with Gasteiger partial charge in [0.25, 0.3) is 10.0 Å². The average molecular weight is 463 g/mol. The number of rotatable bonds is 7. The smallest absolute Gasteiger partial charge is 0.339 e. The van der Waals surface area contributed by atoms with Crippen LogP contribution in [-0.2, 0) is 10.0 Å². The molecule has 4 rings (SSSR count). The fraction of sp³-hybridized carbons (Fsp3) is 0.455. The van der Waals surface area contributed by atoms with Gasteiger partial charge in [-0.1, -0.05) is 0 Å². The molecule has 2 fully saturated rings. The fourth-order valence-corrected chi connectivity index (χ4v) is 5.52. The van der Waals surface area contributed by atoms with Gasteiger partial charge in [-0.25, -0.2) is 22.6 Å². The van der Waals surface area contributed by atoms with Crippen LogP contribution in [0.25, 0.3) is 0 Å². The molecule has 0 unspecified atom stereocenters. The Hall–Kier alpha value is -2.72. The number of hydrogen-bond donors (Lipinski definition) is 2. The summed E-state index contributed by atoms with van der Waals surface area (Å²) in [7, 11) is -4.00. The van der Waals surface area contributed by atoms with Crippen molar-refractivity contribution in [3.8, 4) is 0 Å². The first kappa shape index (κ1) is 22.5. The summed E-state index contributed by atoms with van der Waals surface area (Å²) < 4.78 is 40.6. The number of carboxylic acids is 1. The van der Waals surface area contributed by atoms with Crippen LogP contribution in [0.4, 0.5) is 15.9 Å². The van der Waals surface area contributed by atoms with Gasteiger partial charge in [-0.3, -0.25) is 4.72 Å². The van der Waals surface area contributed by atoms with E-state index in [2.05, 4.69) is 14.6 Å². The topological polar surface area (TPSA) is 103 Å². The van der Waals surface area contributed by atoms with Crippen LogP contribution in [-0.4, -0.2) is 62.1 Å². The summed E-state index contributed by atoms with van der Waals surface area (Å²) >= 11 is 0. The average Bonchev–Trinajstić information content (AvgIpc) is 3.27. The Morgan fingerprint density at radius 2 is 1.88 bits per heavy atom. The van der Waals surface area contributed by atoms with E-state index in [0.29, 0.717) is 18.3 Å². The van der Waals surface area contributed by atoms with Crippen LogP contribution in [0.2, 0.25) is 0 Å². The van der Waals surface area contributed by atoms with Gasteiger partial charge in [0.2, 0.25) is 0 Å². The van der Waals surface area contributed by atoms with Crippen LogP contribution < -0.4 is 9.62 Å². The molecule has 0 saturated carbocycles. The molecule has 2 saturated heterocycles. The number of carbonyl (C=O) groups is 1. The Morgan fingerprint density at radius 3 is 2.56 bits per heavy atom. The van der Waals surface area contributed by atoms with Crippen molar-refractivity contribution in [2.75, 3.05) is 42.3 Å². The predicted molar refractivity (Wildman–Crippen MR) is 119 cm³/mol. The van der Waals surface area contributed by atoms with Crippen LogP contribution in [0.5, 0.6) is 0 Å². The fourth-order valence-electron chi connectivity index (χ4n) is 4.49. The molecular formula is C22H27FN4O4S. The summed E-state index contributed by atoms with van der Waals surface area (Å²) in [6.07, 6.45) is 5.85. The molecule has 3 heterocycles. The second kappa shape index (κ2) is 9.41. The SMILES string of the molecule is O=C(O)c1cc(NS(=O)(=O)c2ccc(F)cc2)cnc1N1CCC[C@@H](CN2CCCC2)C1. The summed E-state index contributed by atoms with van der Waals surface area (Å²) in [4.78, 5) is 20.6. The normalized spacial score (nSPS) is 19.8. The maximum absolute atomic E-state index is 13.1. The number of aromatic carboxylic acids is 1. The van der Waals surface area contributed by atoms with Gasteiger partial charge in [-0.2, -0.15) is 0 Å². The third-order valence-electron chi connectivity index (χ3n) is 6.01. The zero-order valence-corrected chi connectivity index (χ0v) is 18.5. The van der Waals surface area contributed by atoms with Crippen molar-refractivity contribution in [2.24, 2.45) is 5.92 Å². The second-order valence-electron chi connectivity index (χ2n) is 8.42. The van der Waals surface area contributed by atoms with Crippen molar-refractivity contribution in [1.29, 1.82) is 0 Å². The number of anilines is 2. The van der Waals surface area contributed by atoms with Crippen molar-refractivity contribution < 1.29 is 22.7 Å². The second-order valence-corrected chi connectivity index (χ2v) is 10.1. The molecule has 172 valence electrons. The van der Waals surface area contributed by atoms with Crippen LogP contribution in [0.15, 0.2) is 41.4 Å². The Labute approximate surface area is 187 Å². The van der Waals surface area contributed by atoms with Gasteiger partial charge >= 0.3 is 5.97 Å². The van der Waals surface area contributed by atoms with E-state index in [1.54, 1.807) is 0 Å². The van der Waals surface area contributed by atoms with Crippen LogP contribution in [0, 0.1) is 11.7 Å². The highest BCUT2D eigenvalue weighted by molar-refractivity contribution is 7.92. The molecule has 0 amide bonds. The largest absolute Gasteiger partial charge is 0.478 e. The molecule has 0 bridgehead atoms. The summed E-state index contributed by atoms with van der Waals surface area (Å²) in [5, 5.41) is 9.77. The number of carboxylic acid groups (broad SMARTS) is 1. The molecule has 0 aliphatic carbocycles. The minimum atomic E-state index is -4.00. The lowest BCUT2D eigenvalue weighted by Crippen LogP contribution is -2.41. The van der Waals surface area contributed by atoms with Crippen molar-refractivity contribution in [1.82, 2.24) is 9.88 Å². The van der Waals surface area contributed by atoms with E-state index < -0.39 is 21.8 Å². The Kier molecular flexibility index (Phi) is 6.61.